The Kier molecular flexibility index (Phi) is 9.27. The van der Waals surface area contributed by atoms with Gasteiger partial charge in [0, 0.05) is 43.4 Å². The van der Waals surface area contributed by atoms with Gasteiger partial charge in [-0.2, -0.15) is 0 Å². The molecular formula is C27H31ClFN5O3. The molecule has 1 saturated carbocycles. The second-order valence-corrected chi connectivity index (χ2v) is 9.42. The van der Waals surface area contributed by atoms with E-state index in [9.17, 15) is 9.18 Å². The molecule has 3 aromatic rings. The van der Waals surface area contributed by atoms with E-state index in [0.29, 0.717) is 47.0 Å². The van der Waals surface area contributed by atoms with Crippen molar-refractivity contribution in [1.29, 1.82) is 0 Å². The van der Waals surface area contributed by atoms with Crippen molar-refractivity contribution >= 4 is 45.6 Å². The molecule has 196 valence electrons. The van der Waals surface area contributed by atoms with Crippen molar-refractivity contribution in [1.82, 2.24) is 14.9 Å². The largest absolute Gasteiger partial charge is 0.488 e. The van der Waals surface area contributed by atoms with Gasteiger partial charge in [0.2, 0.25) is 5.91 Å². The third kappa shape index (κ3) is 7.38. The second kappa shape index (κ2) is 12.8. The van der Waals surface area contributed by atoms with Crippen LogP contribution in [0.15, 0.2) is 48.8 Å². The third-order valence-corrected chi connectivity index (χ3v) is 6.43. The van der Waals surface area contributed by atoms with Crippen molar-refractivity contribution in [2.75, 3.05) is 44.5 Å². The Hall–Kier alpha value is -3.27. The predicted octanol–water partition coefficient (Wildman–Crippen LogP) is 5.56. The first-order valence-electron chi connectivity index (χ1n) is 12.3. The van der Waals surface area contributed by atoms with E-state index < -0.39 is 5.82 Å². The summed E-state index contributed by atoms with van der Waals surface area (Å²) < 4.78 is 25.0. The number of likely N-dealkylation sites (N-methyl/N-ethyl adjacent to an activating group) is 1. The summed E-state index contributed by atoms with van der Waals surface area (Å²) in [5.41, 5.74) is 1.74. The van der Waals surface area contributed by atoms with E-state index in [0.717, 1.165) is 32.2 Å². The summed E-state index contributed by atoms with van der Waals surface area (Å²) in [6.07, 6.45) is 9.04. The zero-order valence-corrected chi connectivity index (χ0v) is 21.7. The first-order valence-corrected chi connectivity index (χ1v) is 12.6. The maximum Gasteiger partial charge on any atom is 0.248 e. The van der Waals surface area contributed by atoms with Gasteiger partial charge in [-0.3, -0.25) is 4.79 Å². The van der Waals surface area contributed by atoms with Crippen LogP contribution in [0.5, 0.6) is 5.75 Å². The summed E-state index contributed by atoms with van der Waals surface area (Å²) in [6, 6.07) is 7.95. The van der Waals surface area contributed by atoms with Gasteiger partial charge in [0.1, 0.15) is 23.7 Å². The number of benzene rings is 2. The van der Waals surface area contributed by atoms with Crippen LogP contribution in [0.1, 0.15) is 25.7 Å². The highest BCUT2D eigenvalue weighted by Crippen LogP contribution is 2.36. The number of halogens is 2. The van der Waals surface area contributed by atoms with E-state index in [1.807, 2.05) is 13.1 Å². The molecule has 0 unspecified atom stereocenters. The number of aromatic nitrogens is 2. The van der Waals surface area contributed by atoms with Crippen LogP contribution >= 0.6 is 11.6 Å². The topological polar surface area (TPSA) is 88.6 Å². The Morgan fingerprint density at radius 1 is 1.24 bits per heavy atom. The number of methoxy groups -OCH3 is 1. The Morgan fingerprint density at radius 3 is 2.81 bits per heavy atom. The molecule has 8 nitrogen and oxygen atoms in total. The predicted molar refractivity (Wildman–Crippen MR) is 144 cm³/mol. The Morgan fingerprint density at radius 2 is 2.05 bits per heavy atom. The molecule has 0 bridgehead atoms. The van der Waals surface area contributed by atoms with Gasteiger partial charge < -0.3 is 25.0 Å². The first-order chi connectivity index (χ1) is 17.9. The number of rotatable bonds is 11. The lowest BCUT2D eigenvalue weighted by atomic mass is 10.1. The quantitative estimate of drug-likeness (QED) is 0.315. The molecule has 0 spiro atoms. The lowest BCUT2D eigenvalue weighted by molar-refractivity contribution is -0.111. The number of amides is 1. The summed E-state index contributed by atoms with van der Waals surface area (Å²) in [7, 11) is 3.62. The minimum absolute atomic E-state index is 0.00298. The van der Waals surface area contributed by atoms with Crippen molar-refractivity contribution < 1.29 is 18.7 Å². The molecule has 1 aliphatic carbocycles. The highest BCUT2D eigenvalue weighted by Gasteiger charge is 2.20. The first kappa shape index (κ1) is 26.8. The molecule has 0 saturated heterocycles. The van der Waals surface area contributed by atoms with E-state index in [1.54, 1.807) is 25.3 Å². The molecule has 2 aromatic carbocycles. The van der Waals surface area contributed by atoms with E-state index in [4.69, 9.17) is 21.1 Å². The highest BCUT2D eigenvalue weighted by molar-refractivity contribution is 6.31. The normalized spacial score (nSPS) is 14.1. The lowest BCUT2D eigenvalue weighted by Crippen LogP contribution is -2.23. The maximum atomic E-state index is 13.6. The summed E-state index contributed by atoms with van der Waals surface area (Å²) in [5.74, 6) is 0.280. The van der Waals surface area contributed by atoms with Crippen LogP contribution in [0.25, 0.3) is 10.9 Å². The van der Waals surface area contributed by atoms with Crippen LogP contribution in [-0.2, 0) is 9.53 Å². The van der Waals surface area contributed by atoms with Gasteiger partial charge in [-0.25, -0.2) is 14.4 Å². The third-order valence-electron chi connectivity index (χ3n) is 6.14. The zero-order valence-electron chi connectivity index (χ0n) is 21.0. The van der Waals surface area contributed by atoms with Gasteiger partial charge in [0.05, 0.1) is 28.9 Å². The Labute approximate surface area is 220 Å². The molecule has 1 heterocycles. The zero-order chi connectivity index (χ0) is 26.2. The minimum atomic E-state index is -0.503. The minimum Gasteiger partial charge on any atom is -0.488 e. The van der Waals surface area contributed by atoms with Crippen LogP contribution < -0.4 is 15.4 Å². The fourth-order valence-electron chi connectivity index (χ4n) is 4.13. The van der Waals surface area contributed by atoms with Gasteiger partial charge in [-0.1, -0.05) is 17.7 Å². The fraction of sp³-hybridized carbons (Fsp3) is 0.370. The summed E-state index contributed by atoms with van der Waals surface area (Å²) in [5, 5.41) is 6.79. The van der Waals surface area contributed by atoms with Gasteiger partial charge >= 0.3 is 0 Å². The molecule has 2 N–H and O–H groups in total. The molecule has 37 heavy (non-hydrogen) atoms. The Bertz CT molecular complexity index is 1270. The number of nitrogens with one attached hydrogen (secondary N) is 2. The lowest BCUT2D eigenvalue weighted by Gasteiger charge is -2.18. The molecule has 1 aliphatic rings. The number of hydrogen-bond donors (Lipinski definition) is 2. The van der Waals surface area contributed by atoms with Crippen molar-refractivity contribution in [2.24, 2.45) is 0 Å². The average molecular weight is 528 g/mol. The molecule has 10 heteroatoms. The number of anilines is 3. The SMILES string of the molecule is COCCN(C)C/C=C/C(=O)Nc1cc2c(Nc3ccc(F)c(Cl)c3)ncnc2cc1OC1CCCC1. The van der Waals surface area contributed by atoms with Gasteiger partial charge in [-0.05, 0) is 57.0 Å². The molecule has 1 fully saturated rings. The molecule has 0 atom stereocenters. The van der Waals surface area contributed by atoms with Crippen LogP contribution in [0.2, 0.25) is 5.02 Å². The monoisotopic (exact) mass is 527 g/mol. The maximum absolute atomic E-state index is 13.6. The summed E-state index contributed by atoms with van der Waals surface area (Å²) >= 11 is 5.94. The van der Waals surface area contributed by atoms with Crippen molar-refractivity contribution in [2.45, 2.75) is 31.8 Å². The standard InChI is InChI=1S/C27H31ClFN5O3/c1-34(12-13-36-2)11-5-8-26(35)33-24-15-20-23(16-25(24)37-19-6-3-4-7-19)30-17-31-27(20)32-18-9-10-22(29)21(28)14-18/h5,8-10,14-17,19H,3-4,6-7,11-13H2,1-2H3,(H,33,35)(H,30,31,32)/b8-5+. The summed E-state index contributed by atoms with van der Waals surface area (Å²) in [4.78, 5) is 23.6. The number of carbonyl (C=O) groups excluding carboxylic acids is 1. The number of carbonyl (C=O) groups is 1. The van der Waals surface area contributed by atoms with Crippen LogP contribution in [0.3, 0.4) is 0 Å². The van der Waals surface area contributed by atoms with E-state index in [1.165, 1.54) is 24.5 Å². The molecule has 0 aliphatic heterocycles. The van der Waals surface area contributed by atoms with E-state index in [-0.39, 0.29) is 17.0 Å². The van der Waals surface area contributed by atoms with Crippen molar-refractivity contribution in [3.63, 3.8) is 0 Å². The molecule has 1 aromatic heterocycles. The number of hydrogen-bond acceptors (Lipinski definition) is 7. The van der Waals surface area contributed by atoms with Gasteiger partial charge in [-0.15, -0.1) is 0 Å². The molecular weight excluding hydrogens is 497 g/mol. The Balaban J connectivity index is 1.60. The van der Waals surface area contributed by atoms with Crippen molar-refractivity contribution in [3.8, 4) is 5.75 Å². The second-order valence-electron chi connectivity index (χ2n) is 9.01. The average Bonchev–Trinajstić information content (AvgIpc) is 3.39. The fourth-order valence-corrected chi connectivity index (χ4v) is 4.31. The van der Waals surface area contributed by atoms with Crippen LogP contribution in [0.4, 0.5) is 21.6 Å². The smallest absolute Gasteiger partial charge is 0.248 e. The number of ether oxygens (including phenoxy) is 2. The highest BCUT2D eigenvalue weighted by atomic mass is 35.5. The molecule has 1 amide bonds. The van der Waals surface area contributed by atoms with Crippen LogP contribution in [0, 0.1) is 5.82 Å². The van der Waals surface area contributed by atoms with E-state index in [2.05, 4.69) is 25.5 Å². The van der Waals surface area contributed by atoms with E-state index >= 15 is 0 Å². The number of nitrogens with zero attached hydrogens (tertiary/aromatic N) is 3. The van der Waals surface area contributed by atoms with Gasteiger partial charge in [0.15, 0.2) is 0 Å². The molecule has 0 radical (unpaired) electrons. The summed E-state index contributed by atoms with van der Waals surface area (Å²) in [6.45, 7) is 2.00. The molecule has 4 rings (SSSR count). The van der Waals surface area contributed by atoms with Gasteiger partial charge in [0.25, 0.3) is 0 Å². The van der Waals surface area contributed by atoms with Crippen molar-refractivity contribution in [3.05, 3.63) is 59.7 Å². The number of fused-ring (bicyclic) bond motifs is 1. The van der Waals surface area contributed by atoms with Crippen LogP contribution in [-0.4, -0.2) is 60.7 Å².